The molecule has 1 unspecified atom stereocenters. The van der Waals surface area contributed by atoms with Crippen LogP contribution in [0.5, 0.6) is 0 Å². The van der Waals surface area contributed by atoms with E-state index in [1.54, 1.807) is 0 Å². The fourth-order valence-electron chi connectivity index (χ4n) is 1.78. The third-order valence-corrected chi connectivity index (χ3v) is 2.53. The predicted octanol–water partition coefficient (Wildman–Crippen LogP) is 0.552. The SMILES string of the molecule is C#CCC1(C(=O)OC)CCCNC1. The van der Waals surface area contributed by atoms with E-state index in [0.717, 1.165) is 19.4 Å². The minimum atomic E-state index is -0.470. The summed E-state index contributed by atoms with van der Waals surface area (Å²) in [5.41, 5.74) is -0.470. The van der Waals surface area contributed by atoms with E-state index in [-0.39, 0.29) is 5.97 Å². The minimum absolute atomic E-state index is 0.183. The van der Waals surface area contributed by atoms with Crippen LogP contribution in [0.25, 0.3) is 0 Å². The van der Waals surface area contributed by atoms with E-state index in [2.05, 4.69) is 11.2 Å². The number of ether oxygens (including phenoxy) is 1. The lowest BCUT2D eigenvalue weighted by Crippen LogP contribution is -2.45. The molecular weight excluding hydrogens is 166 g/mol. The second-order valence-corrected chi connectivity index (χ2v) is 3.43. The Morgan fingerprint density at radius 2 is 2.54 bits per heavy atom. The van der Waals surface area contributed by atoms with Crippen LogP contribution in [0.1, 0.15) is 19.3 Å². The quantitative estimate of drug-likeness (QED) is 0.499. The van der Waals surface area contributed by atoms with Gasteiger partial charge in [-0.3, -0.25) is 4.79 Å². The average molecular weight is 181 g/mol. The molecule has 1 rings (SSSR count). The maximum absolute atomic E-state index is 11.5. The molecule has 1 heterocycles. The van der Waals surface area contributed by atoms with Crippen molar-refractivity contribution >= 4 is 5.97 Å². The lowest BCUT2D eigenvalue weighted by Gasteiger charge is -2.33. The van der Waals surface area contributed by atoms with Gasteiger partial charge in [0.2, 0.25) is 0 Å². The van der Waals surface area contributed by atoms with Gasteiger partial charge < -0.3 is 10.1 Å². The second kappa shape index (κ2) is 4.29. The van der Waals surface area contributed by atoms with Gasteiger partial charge in [-0.25, -0.2) is 0 Å². The van der Waals surface area contributed by atoms with Gasteiger partial charge in [-0.1, -0.05) is 0 Å². The van der Waals surface area contributed by atoms with Crippen LogP contribution in [0.15, 0.2) is 0 Å². The van der Waals surface area contributed by atoms with Gasteiger partial charge in [-0.15, -0.1) is 12.3 Å². The van der Waals surface area contributed by atoms with E-state index in [9.17, 15) is 4.79 Å². The number of carbonyl (C=O) groups is 1. The highest BCUT2D eigenvalue weighted by Gasteiger charge is 2.39. The molecule has 0 aromatic heterocycles. The summed E-state index contributed by atoms with van der Waals surface area (Å²) >= 11 is 0. The van der Waals surface area contributed by atoms with Crippen molar-refractivity contribution < 1.29 is 9.53 Å². The summed E-state index contributed by atoms with van der Waals surface area (Å²) < 4.78 is 4.77. The van der Waals surface area contributed by atoms with Gasteiger partial charge in [-0.2, -0.15) is 0 Å². The first-order valence-electron chi connectivity index (χ1n) is 4.48. The lowest BCUT2D eigenvalue weighted by atomic mass is 9.78. The zero-order valence-electron chi connectivity index (χ0n) is 7.93. The maximum atomic E-state index is 11.5. The number of hydrogen-bond donors (Lipinski definition) is 1. The standard InChI is InChI=1S/C10H15NO2/c1-3-5-10(9(12)13-2)6-4-7-11-8-10/h1,11H,4-8H2,2H3. The highest BCUT2D eigenvalue weighted by atomic mass is 16.5. The predicted molar refractivity (Wildman–Crippen MR) is 50.0 cm³/mol. The summed E-state index contributed by atoms with van der Waals surface area (Å²) in [4.78, 5) is 11.5. The topological polar surface area (TPSA) is 38.3 Å². The fourth-order valence-corrected chi connectivity index (χ4v) is 1.78. The van der Waals surface area contributed by atoms with E-state index in [0.29, 0.717) is 13.0 Å². The Bertz CT molecular complexity index is 224. The van der Waals surface area contributed by atoms with Crippen LogP contribution in [-0.2, 0) is 9.53 Å². The Hall–Kier alpha value is -1.01. The van der Waals surface area contributed by atoms with Crippen LogP contribution >= 0.6 is 0 Å². The molecule has 3 nitrogen and oxygen atoms in total. The van der Waals surface area contributed by atoms with Crippen molar-refractivity contribution in [3.63, 3.8) is 0 Å². The van der Waals surface area contributed by atoms with Crippen molar-refractivity contribution in [3.05, 3.63) is 0 Å². The van der Waals surface area contributed by atoms with E-state index >= 15 is 0 Å². The number of methoxy groups -OCH3 is 1. The first-order chi connectivity index (χ1) is 6.25. The third kappa shape index (κ3) is 2.02. The highest BCUT2D eigenvalue weighted by molar-refractivity contribution is 5.77. The zero-order chi connectivity index (χ0) is 9.73. The number of terminal acetylenes is 1. The van der Waals surface area contributed by atoms with Crippen LogP contribution in [0.4, 0.5) is 0 Å². The van der Waals surface area contributed by atoms with Crippen molar-refractivity contribution in [2.45, 2.75) is 19.3 Å². The Morgan fingerprint density at radius 3 is 3.00 bits per heavy atom. The van der Waals surface area contributed by atoms with E-state index in [1.807, 2.05) is 0 Å². The molecule has 1 N–H and O–H groups in total. The molecule has 1 fully saturated rings. The Kier molecular flexibility index (Phi) is 3.32. The molecule has 0 amide bonds. The van der Waals surface area contributed by atoms with Crippen LogP contribution in [0, 0.1) is 17.8 Å². The molecule has 3 heteroatoms. The third-order valence-electron chi connectivity index (χ3n) is 2.53. The van der Waals surface area contributed by atoms with E-state index < -0.39 is 5.41 Å². The molecule has 1 aliphatic heterocycles. The van der Waals surface area contributed by atoms with Crippen LogP contribution < -0.4 is 5.32 Å². The van der Waals surface area contributed by atoms with Gasteiger partial charge in [0.1, 0.15) is 0 Å². The molecule has 0 aliphatic carbocycles. The smallest absolute Gasteiger partial charge is 0.314 e. The summed E-state index contributed by atoms with van der Waals surface area (Å²) in [6.07, 6.45) is 7.53. The van der Waals surface area contributed by atoms with Gasteiger partial charge in [0.05, 0.1) is 12.5 Å². The minimum Gasteiger partial charge on any atom is -0.469 e. The molecule has 1 aliphatic rings. The molecule has 0 saturated carbocycles. The molecule has 13 heavy (non-hydrogen) atoms. The van der Waals surface area contributed by atoms with Crippen molar-refractivity contribution in [1.29, 1.82) is 0 Å². The zero-order valence-corrected chi connectivity index (χ0v) is 7.93. The van der Waals surface area contributed by atoms with Gasteiger partial charge in [-0.05, 0) is 19.4 Å². The number of piperidine rings is 1. The summed E-state index contributed by atoms with van der Waals surface area (Å²) in [5, 5.41) is 3.18. The first-order valence-corrected chi connectivity index (χ1v) is 4.48. The Balaban J connectivity index is 2.73. The van der Waals surface area contributed by atoms with Crippen LogP contribution in [0.3, 0.4) is 0 Å². The van der Waals surface area contributed by atoms with Crippen molar-refractivity contribution in [1.82, 2.24) is 5.32 Å². The van der Waals surface area contributed by atoms with Gasteiger partial charge in [0, 0.05) is 13.0 Å². The molecule has 1 atom stereocenters. The molecular formula is C10H15NO2. The fraction of sp³-hybridized carbons (Fsp3) is 0.700. The summed E-state index contributed by atoms with van der Waals surface area (Å²) in [5.74, 6) is 2.37. The molecule has 0 aromatic rings. The second-order valence-electron chi connectivity index (χ2n) is 3.43. The summed E-state index contributed by atoms with van der Waals surface area (Å²) in [6, 6.07) is 0. The van der Waals surface area contributed by atoms with Crippen molar-refractivity contribution in [2.75, 3.05) is 20.2 Å². The molecule has 0 bridgehead atoms. The van der Waals surface area contributed by atoms with Crippen molar-refractivity contribution in [2.24, 2.45) is 5.41 Å². The Labute approximate surface area is 78.8 Å². The number of hydrogen-bond acceptors (Lipinski definition) is 3. The van der Waals surface area contributed by atoms with Gasteiger partial charge in [0.25, 0.3) is 0 Å². The van der Waals surface area contributed by atoms with Gasteiger partial charge >= 0.3 is 5.97 Å². The normalized spacial score (nSPS) is 27.7. The largest absolute Gasteiger partial charge is 0.469 e. The molecule has 72 valence electrons. The van der Waals surface area contributed by atoms with E-state index in [1.165, 1.54) is 7.11 Å². The molecule has 0 aromatic carbocycles. The first kappa shape index (κ1) is 10.1. The van der Waals surface area contributed by atoms with Gasteiger partial charge in [0.15, 0.2) is 0 Å². The monoisotopic (exact) mass is 181 g/mol. The highest BCUT2D eigenvalue weighted by Crippen LogP contribution is 2.31. The molecule has 1 saturated heterocycles. The number of rotatable bonds is 2. The van der Waals surface area contributed by atoms with Crippen LogP contribution in [0.2, 0.25) is 0 Å². The van der Waals surface area contributed by atoms with Crippen molar-refractivity contribution in [3.8, 4) is 12.3 Å². The Morgan fingerprint density at radius 1 is 1.77 bits per heavy atom. The molecule has 0 radical (unpaired) electrons. The van der Waals surface area contributed by atoms with E-state index in [4.69, 9.17) is 11.2 Å². The summed E-state index contributed by atoms with van der Waals surface area (Å²) in [7, 11) is 1.41. The number of esters is 1. The average Bonchev–Trinajstić information content (AvgIpc) is 2.18. The number of carbonyl (C=O) groups excluding carboxylic acids is 1. The molecule has 0 spiro atoms. The lowest BCUT2D eigenvalue weighted by molar-refractivity contribution is -0.153. The van der Waals surface area contributed by atoms with Crippen LogP contribution in [-0.4, -0.2) is 26.2 Å². The maximum Gasteiger partial charge on any atom is 0.314 e. The summed E-state index contributed by atoms with van der Waals surface area (Å²) in [6.45, 7) is 1.60. The number of nitrogens with one attached hydrogen (secondary N) is 1.